The Hall–Kier alpha value is -2.40. The summed E-state index contributed by atoms with van der Waals surface area (Å²) in [4.78, 5) is 28.6. The van der Waals surface area contributed by atoms with Crippen molar-refractivity contribution in [1.29, 1.82) is 0 Å². The van der Waals surface area contributed by atoms with Crippen LogP contribution in [-0.2, 0) is 9.53 Å². The first-order chi connectivity index (χ1) is 17.9. The minimum Gasteiger partial charge on any atom is -0.481 e. The van der Waals surface area contributed by atoms with Gasteiger partial charge in [-0.25, -0.2) is 0 Å². The molecule has 0 unspecified atom stereocenters. The van der Waals surface area contributed by atoms with E-state index in [2.05, 4.69) is 56.1 Å². The monoisotopic (exact) mass is 507 g/mol. The molecule has 0 bridgehead atoms. The fourth-order valence-corrected chi connectivity index (χ4v) is 7.25. The highest BCUT2D eigenvalue weighted by molar-refractivity contribution is 5.97. The molecule has 1 aliphatic heterocycles. The summed E-state index contributed by atoms with van der Waals surface area (Å²) in [5, 5.41) is 9.65. The van der Waals surface area contributed by atoms with E-state index in [0.29, 0.717) is 35.8 Å². The van der Waals surface area contributed by atoms with Crippen LogP contribution in [0.15, 0.2) is 54.3 Å². The summed E-state index contributed by atoms with van der Waals surface area (Å²) in [7, 11) is 0. The predicted molar refractivity (Wildman–Crippen MR) is 147 cm³/mol. The fraction of sp³-hybridized carbons (Fsp3) is 0.625. The number of allylic oxidation sites excluding steroid dienone is 5. The number of Topliss-reactive ketones (excluding diaryl/α,β-unsaturated/α-hetero) is 1. The van der Waals surface area contributed by atoms with Gasteiger partial charge in [0.2, 0.25) is 0 Å². The highest BCUT2D eigenvalue weighted by atomic mass is 16.5. The van der Waals surface area contributed by atoms with Crippen LogP contribution in [0.25, 0.3) is 0 Å². The topological polar surface area (TPSA) is 79.4 Å². The van der Waals surface area contributed by atoms with E-state index >= 15 is 0 Å². The first-order valence-electron chi connectivity index (χ1n) is 14.5. The van der Waals surface area contributed by atoms with Gasteiger partial charge in [-0.2, -0.15) is 0 Å². The molecule has 0 spiro atoms. The summed E-state index contributed by atoms with van der Waals surface area (Å²) in [6.07, 6.45) is 19.3. The minimum atomic E-state index is -0.764. The maximum atomic E-state index is 13.7. The lowest BCUT2D eigenvalue weighted by Gasteiger charge is -2.38. The van der Waals surface area contributed by atoms with Gasteiger partial charge in [-0.1, -0.05) is 64.5 Å². The van der Waals surface area contributed by atoms with Gasteiger partial charge in [0.1, 0.15) is 0 Å². The van der Waals surface area contributed by atoms with Gasteiger partial charge in [0.25, 0.3) is 0 Å². The Bertz CT molecular complexity index is 1010. The number of aliphatic carboxylic acids is 1. The summed E-state index contributed by atoms with van der Waals surface area (Å²) < 4.78 is 6.44. The molecule has 2 aliphatic carbocycles. The first-order valence-corrected chi connectivity index (χ1v) is 14.5. The van der Waals surface area contributed by atoms with Gasteiger partial charge in [-0.05, 0) is 79.9 Å². The van der Waals surface area contributed by atoms with Gasteiger partial charge >= 0.3 is 5.97 Å². The number of carboxylic acids is 1. The lowest BCUT2D eigenvalue weighted by Crippen LogP contribution is -2.41. The van der Waals surface area contributed by atoms with Crippen molar-refractivity contribution in [3.63, 3.8) is 0 Å². The number of H-pyrrole nitrogens is 1. The largest absolute Gasteiger partial charge is 0.481 e. The Balaban J connectivity index is 1.55. The van der Waals surface area contributed by atoms with Crippen molar-refractivity contribution in [2.45, 2.75) is 84.8 Å². The van der Waals surface area contributed by atoms with E-state index in [1.807, 2.05) is 25.3 Å². The molecule has 2 fully saturated rings. The molecule has 4 rings (SSSR count). The van der Waals surface area contributed by atoms with Gasteiger partial charge in [0.05, 0.1) is 23.8 Å². The van der Waals surface area contributed by atoms with Gasteiger partial charge in [0, 0.05) is 18.0 Å². The second kappa shape index (κ2) is 12.4. The summed E-state index contributed by atoms with van der Waals surface area (Å²) in [6, 6.07) is 3.80. The third kappa shape index (κ3) is 5.87. The van der Waals surface area contributed by atoms with Gasteiger partial charge in [-0.3, -0.25) is 9.59 Å². The summed E-state index contributed by atoms with van der Waals surface area (Å²) in [5.74, 6) is 0.931. The molecule has 1 saturated heterocycles. The molecule has 3 aliphatic rings. The molecule has 5 heteroatoms. The predicted octanol–water partition coefficient (Wildman–Crippen LogP) is 7.24. The van der Waals surface area contributed by atoms with E-state index < -0.39 is 11.9 Å². The van der Waals surface area contributed by atoms with Crippen molar-refractivity contribution >= 4 is 11.8 Å². The van der Waals surface area contributed by atoms with Gasteiger partial charge in [-0.15, -0.1) is 0 Å². The molecular formula is C32H45NO4. The number of hydrogen-bond donors (Lipinski definition) is 2. The maximum Gasteiger partial charge on any atom is 0.309 e. The normalized spacial score (nSPS) is 35.0. The van der Waals surface area contributed by atoms with E-state index in [4.69, 9.17) is 4.74 Å². The lowest BCUT2D eigenvalue weighted by molar-refractivity contribution is -0.154. The molecule has 2 N–H and O–H groups in total. The van der Waals surface area contributed by atoms with Crippen molar-refractivity contribution in [2.75, 3.05) is 0 Å². The number of carbonyl (C=O) groups is 2. The molecule has 37 heavy (non-hydrogen) atoms. The molecule has 2 heterocycles. The van der Waals surface area contributed by atoms with E-state index in [1.54, 1.807) is 0 Å². The van der Waals surface area contributed by atoms with Crippen molar-refractivity contribution in [3.8, 4) is 0 Å². The molecule has 5 nitrogen and oxygen atoms in total. The van der Waals surface area contributed by atoms with Gasteiger partial charge < -0.3 is 14.8 Å². The van der Waals surface area contributed by atoms with Gasteiger partial charge in [0.15, 0.2) is 5.78 Å². The Morgan fingerprint density at radius 2 is 1.97 bits per heavy atom. The number of carboxylic acid groups (broad SMARTS) is 1. The minimum absolute atomic E-state index is 0.0463. The van der Waals surface area contributed by atoms with E-state index in [9.17, 15) is 14.7 Å². The fourth-order valence-electron chi connectivity index (χ4n) is 7.25. The van der Waals surface area contributed by atoms with Crippen LogP contribution in [0.4, 0.5) is 0 Å². The van der Waals surface area contributed by atoms with Crippen LogP contribution in [0.3, 0.4) is 0 Å². The molecule has 1 aromatic rings. The SMILES string of the molecule is CC/C(=C\C=C\[C@@H]1C=C[C@@H]2[C@@H](CC)CC[C@H]2[C@@H]1C(=O)c1ccc[nH]1)[C@@H]1O[C@@H]([C@@H](CC)C(=O)O)CC[C@@H]1C. The standard InChI is InChI=1S/C32H45NO4/c1-5-21-14-17-26-25(21)16-15-23(29(26)30(34)27-12-9-19-33-27)11-8-10-22(6-2)31-20(4)13-18-28(37-31)24(7-3)32(35)36/h8-12,15-16,19-21,23-26,28-29,31,33H,5-7,13-14,17-18H2,1-4H3,(H,35,36)/b11-8+,22-10+/t20-,21-,23+,24+,25+,26+,28+,29+,31+/m0/s1. The van der Waals surface area contributed by atoms with Crippen LogP contribution >= 0.6 is 0 Å². The van der Waals surface area contributed by atoms with Crippen LogP contribution in [0.2, 0.25) is 0 Å². The van der Waals surface area contributed by atoms with Crippen LogP contribution < -0.4 is 0 Å². The quantitative estimate of drug-likeness (QED) is 0.199. The highest BCUT2D eigenvalue weighted by Crippen LogP contribution is 2.49. The number of nitrogens with one attached hydrogen (secondary N) is 1. The zero-order valence-electron chi connectivity index (χ0n) is 22.9. The third-order valence-corrected chi connectivity index (χ3v) is 9.40. The number of fused-ring (bicyclic) bond motifs is 1. The molecular weight excluding hydrogens is 462 g/mol. The Morgan fingerprint density at radius 3 is 2.62 bits per heavy atom. The van der Waals surface area contributed by atoms with E-state index in [1.165, 1.54) is 18.4 Å². The average Bonchev–Trinajstić information content (AvgIpc) is 3.58. The Kier molecular flexibility index (Phi) is 9.28. The molecule has 9 atom stereocenters. The summed E-state index contributed by atoms with van der Waals surface area (Å²) in [6.45, 7) is 8.54. The van der Waals surface area contributed by atoms with E-state index in [0.717, 1.165) is 25.7 Å². The summed E-state index contributed by atoms with van der Waals surface area (Å²) >= 11 is 0. The Labute approximate surface area is 222 Å². The number of carbonyl (C=O) groups excluding carboxylic acids is 1. The molecule has 1 aromatic heterocycles. The van der Waals surface area contributed by atoms with Crippen LogP contribution in [-0.4, -0.2) is 34.1 Å². The number of rotatable bonds is 10. The molecule has 0 aromatic carbocycles. The number of hydrogen-bond acceptors (Lipinski definition) is 3. The van der Waals surface area contributed by atoms with Crippen molar-refractivity contribution in [3.05, 3.63) is 60.0 Å². The smallest absolute Gasteiger partial charge is 0.309 e. The van der Waals surface area contributed by atoms with E-state index in [-0.39, 0.29) is 29.8 Å². The number of ketones is 1. The number of aromatic amines is 1. The molecule has 0 amide bonds. The van der Waals surface area contributed by atoms with Crippen molar-refractivity contribution in [2.24, 2.45) is 41.4 Å². The average molecular weight is 508 g/mol. The van der Waals surface area contributed by atoms with Crippen LogP contribution in [0, 0.1) is 41.4 Å². The summed E-state index contributed by atoms with van der Waals surface area (Å²) in [5.41, 5.74) is 1.91. The first kappa shape index (κ1) is 27.6. The highest BCUT2D eigenvalue weighted by Gasteiger charge is 2.45. The van der Waals surface area contributed by atoms with Crippen molar-refractivity contribution in [1.82, 2.24) is 4.98 Å². The molecule has 202 valence electrons. The molecule has 1 saturated carbocycles. The number of ether oxygens (including phenoxy) is 1. The van der Waals surface area contributed by atoms with Crippen LogP contribution in [0.1, 0.15) is 83.1 Å². The lowest BCUT2D eigenvalue weighted by atomic mass is 9.68. The third-order valence-electron chi connectivity index (χ3n) is 9.40. The zero-order chi connectivity index (χ0) is 26.5. The van der Waals surface area contributed by atoms with Crippen LogP contribution in [0.5, 0.6) is 0 Å². The zero-order valence-corrected chi connectivity index (χ0v) is 22.9. The second-order valence-electron chi connectivity index (χ2n) is 11.4. The van der Waals surface area contributed by atoms with Crippen molar-refractivity contribution < 1.29 is 19.4 Å². The maximum absolute atomic E-state index is 13.7. The number of aromatic nitrogens is 1. The Morgan fingerprint density at radius 1 is 1.16 bits per heavy atom. The molecule has 0 radical (unpaired) electrons. The second-order valence-corrected chi connectivity index (χ2v) is 11.4.